The standard InChI is InChI=1S/C13H11F5N2S/c1-2-19-11(7-3-4-8(14)9(15)5-7)10-6-20-12(21-10)13(16,17)18/h3-6,11,19H,2H2,1H3. The van der Waals surface area contributed by atoms with Crippen molar-refractivity contribution in [2.75, 3.05) is 6.54 Å². The Balaban J connectivity index is 2.38. The molecule has 0 aliphatic carbocycles. The first-order valence-corrected chi connectivity index (χ1v) is 6.85. The first kappa shape index (κ1) is 15.8. The molecule has 1 heterocycles. The molecule has 114 valence electrons. The van der Waals surface area contributed by atoms with Crippen molar-refractivity contribution in [2.45, 2.75) is 19.1 Å². The highest BCUT2D eigenvalue weighted by atomic mass is 32.1. The van der Waals surface area contributed by atoms with Crippen molar-refractivity contribution in [3.8, 4) is 0 Å². The van der Waals surface area contributed by atoms with Crippen molar-refractivity contribution < 1.29 is 22.0 Å². The van der Waals surface area contributed by atoms with Gasteiger partial charge >= 0.3 is 6.18 Å². The molecule has 2 aromatic rings. The Labute approximate surface area is 121 Å². The summed E-state index contributed by atoms with van der Waals surface area (Å²) in [5.74, 6) is -2.05. The molecule has 1 atom stereocenters. The lowest BCUT2D eigenvalue weighted by molar-refractivity contribution is -0.137. The van der Waals surface area contributed by atoms with Crippen molar-refractivity contribution in [3.63, 3.8) is 0 Å². The molecule has 2 nitrogen and oxygen atoms in total. The first-order valence-electron chi connectivity index (χ1n) is 6.04. The van der Waals surface area contributed by atoms with Crippen LogP contribution in [0.2, 0.25) is 0 Å². The second kappa shape index (κ2) is 6.07. The number of alkyl halides is 3. The van der Waals surface area contributed by atoms with Crippen LogP contribution in [0.1, 0.15) is 28.4 Å². The number of thiazole rings is 1. The molecule has 0 amide bonds. The summed E-state index contributed by atoms with van der Waals surface area (Å²) in [6.45, 7) is 2.21. The average Bonchev–Trinajstić information content (AvgIpc) is 2.89. The van der Waals surface area contributed by atoms with Gasteiger partial charge in [0.25, 0.3) is 0 Å². The zero-order valence-electron chi connectivity index (χ0n) is 10.8. The molecule has 1 unspecified atom stereocenters. The van der Waals surface area contributed by atoms with E-state index in [4.69, 9.17) is 0 Å². The third-order valence-corrected chi connectivity index (χ3v) is 3.84. The molecule has 0 bridgehead atoms. The van der Waals surface area contributed by atoms with E-state index in [1.807, 2.05) is 0 Å². The lowest BCUT2D eigenvalue weighted by atomic mass is 10.1. The van der Waals surface area contributed by atoms with Gasteiger partial charge in [0, 0.05) is 11.1 Å². The SMILES string of the molecule is CCNC(c1ccc(F)c(F)c1)c1cnc(C(F)(F)F)s1. The average molecular weight is 322 g/mol. The van der Waals surface area contributed by atoms with Gasteiger partial charge in [-0.25, -0.2) is 13.8 Å². The Bertz CT molecular complexity index is 623. The summed E-state index contributed by atoms with van der Waals surface area (Å²) in [4.78, 5) is 3.63. The maximum atomic E-state index is 13.3. The topological polar surface area (TPSA) is 24.9 Å². The summed E-state index contributed by atoms with van der Waals surface area (Å²) in [6, 6.07) is 2.58. The maximum Gasteiger partial charge on any atom is 0.443 e. The zero-order valence-corrected chi connectivity index (χ0v) is 11.7. The summed E-state index contributed by atoms with van der Waals surface area (Å²) in [5, 5.41) is 1.97. The van der Waals surface area contributed by atoms with Crippen LogP contribution in [-0.4, -0.2) is 11.5 Å². The van der Waals surface area contributed by atoms with E-state index in [1.54, 1.807) is 6.92 Å². The Morgan fingerprint density at radius 1 is 1.24 bits per heavy atom. The monoisotopic (exact) mass is 322 g/mol. The van der Waals surface area contributed by atoms with E-state index in [0.29, 0.717) is 23.4 Å². The molecule has 2 rings (SSSR count). The number of halogens is 5. The molecule has 0 spiro atoms. The summed E-state index contributed by atoms with van der Waals surface area (Å²) < 4.78 is 64.0. The van der Waals surface area contributed by atoms with Crippen LogP contribution >= 0.6 is 11.3 Å². The van der Waals surface area contributed by atoms with Gasteiger partial charge in [-0.1, -0.05) is 13.0 Å². The third-order valence-electron chi connectivity index (χ3n) is 2.74. The quantitative estimate of drug-likeness (QED) is 0.856. The third kappa shape index (κ3) is 3.56. The van der Waals surface area contributed by atoms with Crippen molar-refractivity contribution in [1.29, 1.82) is 0 Å². The highest BCUT2D eigenvalue weighted by molar-refractivity contribution is 7.11. The summed E-state index contributed by atoms with van der Waals surface area (Å²) in [7, 11) is 0. The first-order chi connectivity index (χ1) is 9.82. The van der Waals surface area contributed by atoms with Crippen molar-refractivity contribution in [1.82, 2.24) is 10.3 Å². The van der Waals surface area contributed by atoms with Gasteiger partial charge in [0.2, 0.25) is 0 Å². The van der Waals surface area contributed by atoms with E-state index in [1.165, 1.54) is 6.07 Å². The number of hydrogen-bond acceptors (Lipinski definition) is 3. The maximum absolute atomic E-state index is 13.3. The molecular weight excluding hydrogens is 311 g/mol. The number of benzene rings is 1. The van der Waals surface area contributed by atoms with Crippen LogP contribution < -0.4 is 5.32 Å². The predicted molar refractivity (Wildman–Crippen MR) is 69.0 cm³/mol. The molecule has 0 saturated carbocycles. The second-order valence-corrected chi connectivity index (χ2v) is 5.29. The fourth-order valence-electron chi connectivity index (χ4n) is 1.83. The molecule has 21 heavy (non-hydrogen) atoms. The minimum absolute atomic E-state index is 0.287. The van der Waals surface area contributed by atoms with E-state index >= 15 is 0 Å². The largest absolute Gasteiger partial charge is 0.443 e. The lowest BCUT2D eigenvalue weighted by Gasteiger charge is -2.16. The summed E-state index contributed by atoms with van der Waals surface area (Å²) in [6.07, 6.45) is -3.42. The van der Waals surface area contributed by atoms with Crippen molar-refractivity contribution >= 4 is 11.3 Å². The molecule has 8 heteroatoms. The molecule has 1 aromatic carbocycles. The number of aromatic nitrogens is 1. The van der Waals surface area contributed by atoms with Crippen LogP contribution in [0.4, 0.5) is 22.0 Å². The summed E-state index contributed by atoms with van der Waals surface area (Å²) in [5.41, 5.74) is 0.341. The fourth-order valence-corrected chi connectivity index (χ4v) is 2.72. The smallest absolute Gasteiger partial charge is 0.306 e. The van der Waals surface area contributed by atoms with Crippen LogP contribution in [0.3, 0.4) is 0 Å². The second-order valence-electron chi connectivity index (χ2n) is 4.23. The molecular formula is C13H11F5N2S. The van der Waals surface area contributed by atoms with Crippen LogP contribution in [0.25, 0.3) is 0 Å². The highest BCUT2D eigenvalue weighted by Gasteiger charge is 2.35. The Morgan fingerprint density at radius 2 is 1.95 bits per heavy atom. The van der Waals surface area contributed by atoms with Crippen LogP contribution in [0.15, 0.2) is 24.4 Å². The molecule has 0 aliphatic rings. The predicted octanol–water partition coefficient (Wildman–Crippen LogP) is 4.14. The van der Waals surface area contributed by atoms with E-state index in [9.17, 15) is 22.0 Å². The van der Waals surface area contributed by atoms with E-state index in [-0.39, 0.29) is 4.88 Å². The van der Waals surface area contributed by atoms with Gasteiger partial charge in [-0.2, -0.15) is 13.2 Å². The number of nitrogens with one attached hydrogen (secondary N) is 1. The Kier molecular flexibility index (Phi) is 4.58. The Hall–Kier alpha value is -1.54. The fraction of sp³-hybridized carbons (Fsp3) is 0.308. The molecule has 0 fully saturated rings. The molecule has 0 saturated heterocycles. The number of rotatable bonds is 4. The minimum atomic E-state index is -4.52. The highest BCUT2D eigenvalue weighted by Crippen LogP contribution is 2.36. The van der Waals surface area contributed by atoms with Gasteiger partial charge in [-0.15, -0.1) is 11.3 Å². The van der Waals surface area contributed by atoms with Gasteiger partial charge in [0.1, 0.15) is 0 Å². The molecule has 0 aliphatic heterocycles. The van der Waals surface area contributed by atoms with E-state index in [0.717, 1.165) is 18.3 Å². The summed E-state index contributed by atoms with van der Waals surface area (Å²) >= 11 is 0.478. The molecule has 0 radical (unpaired) electrons. The van der Waals surface area contributed by atoms with Gasteiger partial charge < -0.3 is 5.32 Å². The molecule has 1 N–H and O–H groups in total. The van der Waals surface area contributed by atoms with Gasteiger partial charge in [-0.05, 0) is 24.2 Å². The van der Waals surface area contributed by atoms with E-state index < -0.39 is 28.9 Å². The van der Waals surface area contributed by atoms with Crippen LogP contribution in [0, 0.1) is 11.6 Å². The van der Waals surface area contributed by atoms with Crippen LogP contribution in [0.5, 0.6) is 0 Å². The van der Waals surface area contributed by atoms with Crippen LogP contribution in [-0.2, 0) is 6.18 Å². The number of hydrogen-bond donors (Lipinski definition) is 1. The normalized spacial score (nSPS) is 13.4. The zero-order chi connectivity index (χ0) is 15.6. The van der Waals surface area contributed by atoms with E-state index in [2.05, 4.69) is 10.3 Å². The molecule has 1 aromatic heterocycles. The Morgan fingerprint density at radius 3 is 2.48 bits per heavy atom. The van der Waals surface area contributed by atoms with Gasteiger partial charge in [0.15, 0.2) is 16.6 Å². The minimum Gasteiger partial charge on any atom is -0.306 e. The lowest BCUT2D eigenvalue weighted by Crippen LogP contribution is -2.21. The van der Waals surface area contributed by atoms with Crippen molar-refractivity contribution in [3.05, 3.63) is 51.5 Å². The van der Waals surface area contributed by atoms with Gasteiger partial charge in [0.05, 0.1) is 6.04 Å². The van der Waals surface area contributed by atoms with Gasteiger partial charge in [-0.3, -0.25) is 0 Å². The number of nitrogens with zero attached hydrogens (tertiary/aromatic N) is 1. The van der Waals surface area contributed by atoms with Crippen molar-refractivity contribution in [2.24, 2.45) is 0 Å².